The minimum absolute atomic E-state index is 0.354. The summed E-state index contributed by atoms with van der Waals surface area (Å²) in [5.41, 5.74) is 1.83. The average molecular weight is 304 g/mol. The molecule has 1 aromatic heterocycles. The van der Waals surface area contributed by atoms with E-state index < -0.39 is 0 Å². The highest BCUT2D eigenvalue weighted by atomic mass is 79.9. The van der Waals surface area contributed by atoms with E-state index in [1.807, 2.05) is 24.3 Å². The first-order chi connectivity index (χ1) is 8.74. The van der Waals surface area contributed by atoms with Crippen LogP contribution >= 0.6 is 15.9 Å². The third-order valence-corrected chi connectivity index (χ3v) is 3.05. The SMILES string of the molecule is COc1ccc(Br)c(Nc2cccnc2C#N)c1. The molecule has 18 heavy (non-hydrogen) atoms. The summed E-state index contributed by atoms with van der Waals surface area (Å²) >= 11 is 3.44. The van der Waals surface area contributed by atoms with Gasteiger partial charge in [0.1, 0.15) is 11.8 Å². The van der Waals surface area contributed by atoms with Crippen molar-refractivity contribution in [2.24, 2.45) is 0 Å². The van der Waals surface area contributed by atoms with Crippen LogP contribution in [0, 0.1) is 11.3 Å². The largest absolute Gasteiger partial charge is 0.497 e. The van der Waals surface area contributed by atoms with Crippen LogP contribution in [0.2, 0.25) is 0 Å². The van der Waals surface area contributed by atoms with Gasteiger partial charge in [-0.25, -0.2) is 4.98 Å². The number of rotatable bonds is 3. The Balaban J connectivity index is 2.37. The number of hydrogen-bond acceptors (Lipinski definition) is 4. The van der Waals surface area contributed by atoms with Gasteiger partial charge in [-0.05, 0) is 40.2 Å². The highest BCUT2D eigenvalue weighted by Gasteiger charge is 2.06. The standard InChI is InChI=1S/C13H10BrN3O/c1-18-9-4-5-10(14)12(7-9)17-11-3-2-6-16-13(11)8-15/h2-7,17H,1H3. The molecule has 1 aromatic carbocycles. The number of nitrogens with one attached hydrogen (secondary N) is 1. The van der Waals surface area contributed by atoms with Crippen LogP contribution in [-0.2, 0) is 0 Å². The summed E-state index contributed by atoms with van der Waals surface area (Å²) in [5, 5.41) is 12.1. The number of hydrogen-bond donors (Lipinski definition) is 1. The van der Waals surface area contributed by atoms with E-state index in [0.717, 1.165) is 15.9 Å². The van der Waals surface area contributed by atoms with Crippen molar-refractivity contribution in [1.29, 1.82) is 5.26 Å². The zero-order valence-corrected chi connectivity index (χ0v) is 11.2. The second-order valence-electron chi connectivity index (χ2n) is 3.48. The Kier molecular flexibility index (Phi) is 3.80. The molecule has 0 aliphatic heterocycles. The highest BCUT2D eigenvalue weighted by molar-refractivity contribution is 9.10. The Morgan fingerprint density at radius 3 is 2.89 bits per heavy atom. The zero-order valence-electron chi connectivity index (χ0n) is 9.64. The number of methoxy groups -OCH3 is 1. The maximum absolute atomic E-state index is 8.98. The van der Waals surface area contributed by atoms with Crippen LogP contribution in [0.5, 0.6) is 5.75 Å². The van der Waals surface area contributed by atoms with Crippen LogP contribution in [0.3, 0.4) is 0 Å². The molecular formula is C13H10BrN3O. The van der Waals surface area contributed by atoms with Gasteiger partial charge in [-0.3, -0.25) is 0 Å². The van der Waals surface area contributed by atoms with E-state index in [1.54, 1.807) is 25.4 Å². The number of benzene rings is 1. The number of pyridine rings is 1. The molecule has 5 heteroatoms. The third kappa shape index (κ3) is 2.60. The Bertz CT molecular complexity index is 607. The topological polar surface area (TPSA) is 57.9 Å². The van der Waals surface area contributed by atoms with E-state index in [9.17, 15) is 0 Å². The molecule has 0 saturated carbocycles. The summed E-state index contributed by atoms with van der Waals surface area (Å²) in [6, 6.07) is 11.2. The van der Waals surface area contributed by atoms with Gasteiger partial charge in [0.15, 0.2) is 5.69 Å². The molecule has 0 spiro atoms. The van der Waals surface area contributed by atoms with Gasteiger partial charge in [0.05, 0.1) is 18.5 Å². The smallest absolute Gasteiger partial charge is 0.163 e. The van der Waals surface area contributed by atoms with Gasteiger partial charge in [-0.15, -0.1) is 0 Å². The number of nitriles is 1. The van der Waals surface area contributed by atoms with Crippen molar-refractivity contribution in [3.8, 4) is 11.8 Å². The number of nitrogens with zero attached hydrogens (tertiary/aromatic N) is 2. The Labute approximate surface area is 113 Å². The lowest BCUT2D eigenvalue weighted by molar-refractivity contribution is 0.415. The molecular weight excluding hydrogens is 294 g/mol. The molecule has 0 fully saturated rings. The van der Waals surface area contributed by atoms with Crippen molar-refractivity contribution in [2.75, 3.05) is 12.4 Å². The lowest BCUT2D eigenvalue weighted by atomic mass is 10.2. The van der Waals surface area contributed by atoms with Gasteiger partial charge in [0.2, 0.25) is 0 Å². The molecule has 90 valence electrons. The Morgan fingerprint density at radius 1 is 1.33 bits per heavy atom. The first-order valence-electron chi connectivity index (χ1n) is 5.20. The Hall–Kier alpha value is -2.06. The molecule has 0 aliphatic carbocycles. The zero-order chi connectivity index (χ0) is 13.0. The van der Waals surface area contributed by atoms with Gasteiger partial charge in [-0.2, -0.15) is 5.26 Å². The lowest BCUT2D eigenvalue weighted by Gasteiger charge is -2.10. The molecule has 0 unspecified atom stereocenters. The first-order valence-corrected chi connectivity index (χ1v) is 5.99. The number of anilines is 2. The number of halogens is 1. The summed E-state index contributed by atoms with van der Waals surface area (Å²) in [7, 11) is 1.61. The van der Waals surface area contributed by atoms with E-state index in [4.69, 9.17) is 10.00 Å². The van der Waals surface area contributed by atoms with E-state index in [0.29, 0.717) is 11.4 Å². The van der Waals surface area contributed by atoms with Crippen LogP contribution in [0.15, 0.2) is 41.0 Å². The van der Waals surface area contributed by atoms with Crippen molar-refractivity contribution < 1.29 is 4.74 Å². The van der Waals surface area contributed by atoms with Crippen molar-refractivity contribution in [2.45, 2.75) is 0 Å². The molecule has 2 aromatic rings. The molecule has 0 saturated heterocycles. The highest BCUT2D eigenvalue weighted by Crippen LogP contribution is 2.30. The van der Waals surface area contributed by atoms with E-state index in [2.05, 4.69) is 26.2 Å². The summed E-state index contributed by atoms with van der Waals surface area (Å²) in [6.45, 7) is 0. The maximum Gasteiger partial charge on any atom is 0.163 e. The molecule has 0 atom stereocenters. The molecule has 0 bridgehead atoms. The predicted octanol–water partition coefficient (Wildman–Crippen LogP) is 3.47. The van der Waals surface area contributed by atoms with Crippen LogP contribution in [0.1, 0.15) is 5.69 Å². The molecule has 2 rings (SSSR count). The molecule has 0 aliphatic rings. The minimum Gasteiger partial charge on any atom is -0.497 e. The lowest BCUT2D eigenvalue weighted by Crippen LogP contribution is -1.96. The summed E-state index contributed by atoms with van der Waals surface area (Å²) in [5.74, 6) is 0.739. The second kappa shape index (κ2) is 5.52. The molecule has 1 heterocycles. The van der Waals surface area contributed by atoms with Crippen LogP contribution < -0.4 is 10.1 Å². The fourth-order valence-electron chi connectivity index (χ4n) is 1.47. The monoisotopic (exact) mass is 303 g/mol. The van der Waals surface area contributed by atoms with Gasteiger partial charge < -0.3 is 10.1 Å². The fraction of sp³-hybridized carbons (Fsp3) is 0.0769. The van der Waals surface area contributed by atoms with Gasteiger partial charge >= 0.3 is 0 Å². The number of aromatic nitrogens is 1. The van der Waals surface area contributed by atoms with Crippen molar-refractivity contribution in [1.82, 2.24) is 4.98 Å². The Morgan fingerprint density at radius 2 is 2.17 bits per heavy atom. The summed E-state index contributed by atoms with van der Waals surface area (Å²) in [4.78, 5) is 4.00. The van der Waals surface area contributed by atoms with E-state index >= 15 is 0 Å². The molecule has 0 amide bonds. The third-order valence-electron chi connectivity index (χ3n) is 2.36. The maximum atomic E-state index is 8.98. The summed E-state index contributed by atoms with van der Waals surface area (Å²) in [6.07, 6.45) is 1.59. The van der Waals surface area contributed by atoms with Crippen LogP contribution in [0.4, 0.5) is 11.4 Å². The normalized spacial score (nSPS) is 9.61. The van der Waals surface area contributed by atoms with Crippen LogP contribution in [0.25, 0.3) is 0 Å². The van der Waals surface area contributed by atoms with Crippen molar-refractivity contribution >= 4 is 27.3 Å². The minimum atomic E-state index is 0.354. The van der Waals surface area contributed by atoms with E-state index in [-0.39, 0.29) is 0 Å². The molecule has 0 radical (unpaired) electrons. The summed E-state index contributed by atoms with van der Waals surface area (Å²) < 4.78 is 6.05. The molecule has 4 nitrogen and oxygen atoms in total. The van der Waals surface area contributed by atoms with Crippen molar-refractivity contribution in [3.05, 3.63) is 46.7 Å². The van der Waals surface area contributed by atoms with Crippen molar-refractivity contribution in [3.63, 3.8) is 0 Å². The first kappa shape index (κ1) is 12.4. The average Bonchev–Trinajstić information content (AvgIpc) is 2.42. The molecule has 1 N–H and O–H groups in total. The second-order valence-corrected chi connectivity index (χ2v) is 4.34. The van der Waals surface area contributed by atoms with Gasteiger partial charge in [-0.1, -0.05) is 0 Å². The number of ether oxygens (including phenoxy) is 1. The van der Waals surface area contributed by atoms with Gasteiger partial charge in [0, 0.05) is 16.7 Å². The predicted molar refractivity (Wildman–Crippen MR) is 72.9 cm³/mol. The van der Waals surface area contributed by atoms with Crippen LogP contribution in [-0.4, -0.2) is 12.1 Å². The fourth-order valence-corrected chi connectivity index (χ4v) is 1.81. The van der Waals surface area contributed by atoms with E-state index in [1.165, 1.54) is 0 Å². The quantitative estimate of drug-likeness (QED) is 0.943. The van der Waals surface area contributed by atoms with Gasteiger partial charge in [0.25, 0.3) is 0 Å².